The lowest BCUT2D eigenvalue weighted by Gasteiger charge is -2.15. The molecule has 5 nitrogen and oxygen atoms in total. The first-order valence-electron chi connectivity index (χ1n) is 6.31. The van der Waals surface area contributed by atoms with Gasteiger partial charge in [-0.3, -0.25) is 10.1 Å². The molecule has 1 aromatic carbocycles. The van der Waals surface area contributed by atoms with Gasteiger partial charge in [-0.25, -0.2) is 4.98 Å². The predicted molar refractivity (Wildman–Crippen MR) is 74.4 cm³/mol. The molecule has 1 heterocycles. The van der Waals surface area contributed by atoms with Gasteiger partial charge in [0.25, 0.3) is 5.69 Å². The van der Waals surface area contributed by atoms with E-state index in [4.69, 9.17) is 0 Å². The molecule has 0 saturated heterocycles. The summed E-state index contributed by atoms with van der Waals surface area (Å²) in [5, 5.41) is 13.5. The fourth-order valence-corrected chi connectivity index (χ4v) is 1.85. The standard InChI is InChI=1S/C14H12F3N3O2/c1-9(10-2-4-11(5-3-10)14(15,16)17)19-13-7-6-12(8-18-13)20(21)22/h2-9H,1H3,(H,18,19)/t9-/m0/s1. The van der Waals surface area contributed by atoms with E-state index in [-0.39, 0.29) is 11.7 Å². The smallest absolute Gasteiger partial charge is 0.364 e. The van der Waals surface area contributed by atoms with Crippen LogP contribution in [0.1, 0.15) is 24.1 Å². The van der Waals surface area contributed by atoms with Crippen molar-refractivity contribution in [3.05, 3.63) is 63.8 Å². The van der Waals surface area contributed by atoms with E-state index in [1.165, 1.54) is 24.3 Å². The van der Waals surface area contributed by atoms with Gasteiger partial charge >= 0.3 is 6.18 Å². The van der Waals surface area contributed by atoms with Gasteiger partial charge in [0, 0.05) is 12.1 Å². The Morgan fingerprint density at radius 2 is 1.82 bits per heavy atom. The Hall–Kier alpha value is -2.64. The Labute approximate surface area is 124 Å². The van der Waals surface area contributed by atoms with Crippen LogP contribution >= 0.6 is 0 Å². The number of halogens is 3. The highest BCUT2D eigenvalue weighted by Crippen LogP contribution is 2.30. The molecule has 2 rings (SSSR count). The number of rotatable bonds is 4. The summed E-state index contributed by atoms with van der Waals surface area (Å²) in [6.45, 7) is 1.76. The molecule has 1 atom stereocenters. The Kier molecular flexibility index (Phi) is 4.30. The lowest BCUT2D eigenvalue weighted by atomic mass is 10.1. The second-order valence-electron chi connectivity index (χ2n) is 4.64. The highest BCUT2D eigenvalue weighted by molar-refractivity contribution is 5.42. The van der Waals surface area contributed by atoms with Crippen LogP contribution in [0.25, 0.3) is 0 Å². The maximum absolute atomic E-state index is 12.5. The normalized spacial score (nSPS) is 12.7. The molecule has 0 fully saturated rings. The van der Waals surface area contributed by atoms with Gasteiger partial charge in [0.15, 0.2) is 0 Å². The molecule has 116 valence electrons. The first kappa shape index (κ1) is 15.7. The molecular formula is C14H12F3N3O2. The number of aromatic nitrogens is 1. The summed E-state index contributed by atoms with van der Waals surface area (Å²) >= 11 is 0. The summed E-state index contributed by atoms with van der Waals surface area (Å²) < 4.78 is 37.5. The van der Waals surface area contributed by atoms with Crippen molar-refractivity contribution in [2.24, 2.45) is 0 Å². The van der Waals surface area contributed by atoms with Gasteiger partial charge in [0.1, 0.15) is 12.0 Å². The third-order valence-electron chi connectivity index (χ3n) is 3.06. The number of anilines is 1. The zero-order valence-electron chi connectivity index (χ0n) is 11.5. The number of nitrogens with zero attached hydrogens (tertiary/aromatic N) is 2. The van der Waals surface area contributed by atoms with Gasteiger partial charge in [0.05, 0.1) is 10.5 Å². The fourth-order valence-electron chi connectivity index (χ4n) is 1.85. The molecule has 0 spiro atoms. The molecule has 1 aromatic heterocycles. The molecule has 2 aromatic rings. The molecule has 0 unspecified atom stereocenters. The van der Waals surface area contributed by atoms with Crippen LogP contribution < -0.4 is 5.32 Å². The fraction of sp³-hybridized carbons (Fsp3) is 0.214. The molecule has 8 heteroatoms. The zero-order chi connectivity index (χ0) is 16.3. The maximum atomic E-state index is 12.5. The number of alkyl halides is 3. The lowest BCUT2D eigenvalue weighted by molar-refractivity contribution is -0.385. The Morgan fingerprint density at radius 3 is 2.27 bits per heavy atom. The van der Waals surface area contributed by atoms with E-state index >= 15 is 0 Å². The van der Waals surface area contributed by atoms with Crippen molar-refractivity contribution in [3.63, 3.8) is 0 Å². The van der Waals surface area contributed by atoms with Crippen molar-refractivity contribution in [3.8, 4) is 0 Å². The molecule has 0 aliphatic heterocycles. The van der Waals surface area contributed by atoms with Gasteiger partial charge in [-0.05, 0) is 30.7 Å². The summed E-state index contributed by atoms with van der Waals surface area (Å²) in [7, 11) is 0. The van der Waals surface area contributed by atoms with Gasteiger partial charge in [-0.2, -0.15) is 13.2 Å². The molecule has 0 bridgehead atoms. The van der Waals surface area contributed by atoms with Crippen LogP contribution in [0.4, 0.5) is 24.7 Å². The van der Waals surface area contributed by atoms with Crippen molar-refractivity contribution in [1.29, 1.82) is 0 Å². The van der Waals surface area contributed by atoms with Gasteiger partial charge in [0.2, 0.25) is 0 Å². The molecule has 1 N–H and O–H groups in total. The Balaban J connectivity index is 2.08. The van der Waals surface area contributed by atoms with Gasteiger partial charge in [-0.15, -0.1) is 0 Å². The van der Waals surface area contributed by atoms with Crippen LogP contribution in [0.5, 0.6) is 0 Å². The first-order chi connectivity index (χ1) is 10.3. The minimum atomic E-state index is -4.37. The highest BCUT2D eigenvalue weighted by atomic mass is 19.4. The molecular weight excluding hydrogens is 299 g/mol. The van der Waals surface area contributed by atoms with E-state index < -0.39 is 16.7 Å². The number of nitrogens with one attached hydrogen (secondary N) is 1. The minimum Gasteiger partial charge on any atom is -0.364 e. The van der Waals surface area contributed by atoms with Crippen molar-refractivity contribution in [2.45, 2.75) is 19.1 Å². The van der Waals surface area contributed by atoms with Crippen LogP contribution in [-0.4, -0.2) is 9.91 Å². The number of pyridine rings is 1. The van der Waals surface area contributed by atoms with Crippen molar-refractivity contribution in [2.75, 3.05) is 5.32 Å². The number of benzene rings is 1. The van der Waals surface area contributed by atoms with Gasteiger partial charge in [-0.1, -0.05) is 12.1 Å². The van der Waals surface area contributed by atoms with Crippen molar-refractivity contribution in [1.82, 2.24) is 4.98 Å². The molecule has 0 amide bonds. The molecule has 0 radical (unpaired) electrons. The Bertz CT molecular complexity index is 655. The van der Waals surface area contributed by atoms with E-state index in [2.05, 4.69) is 10.3 Å². The van der Waals surface area contributed by atoms with Crippen LogP contribution in [0.15, 0.2) is 42.6 Å². The summed E-state index contributed by atoms with van der Waals surface area (Å²) in [5.74, 6) is 0.401. The second kappa shape index (κ2) is 6.00. The van der Waals surface area contributed by atoms with E-state index in [0.29, 0.717) is 11.4 Å². The van der Waals surface area contributed by atoms with Crippen molar-refractivity contribution >= 4 is 11.5 Å². The molecule has 0 aliphatic carbocycles. The SMILES string of the molecule is C[C@H](Nc1ccc([N+](=O)[O-])cn1)c1ccc(C(F)(F)F)cc1. The van der Waals surface area contributed by atoms with Crippen LogP contribution in [0, 0.1) is 10.1 Å². The molecule has 0 aliphatic rings. The molecule has 22 heavy (non-hydrogen) atoms. The summed E-state index contributed by atoms with van der Waals surface area (Å²) in [5.41, 5.74) is -0.196. The quantitative estimate of drug-likeness (QED) is 0.679. The second-order valence-corrected chi connectivity index (χ2v) is 4.64. The summed E-state index contributed by atoms with van der Waals surface area (Å²) in [4.78, 5) is 13.9. The minimum absolute atomic E-state index is 0.132. The van der Waals surface area contributed by atoms with Crippen molar-refractivity contribution < 1.29 is 18.1 Å². The van der Waals surface area contributed by atoms with E-state index in [1.54, 1.807) is 6.92 Å². The summed E-state index contributed by atoms with van der Waals surface area (Å²) in [6.07, 6.45) is -3.25. The lowest BCUT2D eigenvalue weighted by Crippen LogP contribution is -2.09. The average molecular weight is 311 g/mol. The van der Waals surface area contributed by atoms with E-state index in [9.17, 15) is 23.3 Å². The number of hydrogen-bond donors (Lipinski definition) is 1. The Morgan fingerprint density at radius 1 is 1.18 bits per heavy atom. The van der Waals surface area contributed by atoms with E-state index in [0.717, 1.165) is 18.3 Å². The largest absolute Gasteiger partial charge is 0.416 e. The first-order valence-corrected chi connectivity index (χ1v) is 6.31. The zero-order valence-corrected chi connectivity index (χ0v) is 11.5. The van der Waals surface area contributed by atoms with Crippen LogP contribution in [-0.2, 0) is 6.18 Å². The monoisotopic (exact) mass is 311 g/mol. The number of hydrogen-bond acceptors (Lipinski definition) is 4. The maximum Gasteiger partial charge on any atom is 0.416 e. The predicted octanol–water partition coefficient (Wildman–Crippen LogP) is 4.18. The average Bonchev–Trinajstić information content (AvgIpc) is 2.47. The van der Waals surface area contributed by atoms with E-state index in [1.807, 2.05) is 0 Å². The number of nitro groups is 1. The topological polar surface area (TPSA) is 68.1 Å². The molecule has 0 saturated carbocycles. The highest BCUT2D eigenvalue weighted by Gasteiger charge is 2.30. The van der Waals surface area contributed by atoms with Crippen LogP contribution in [0.3, 0.4) is 0 Å². The summed E-state index contributed by atoms with van der Waals surface area (Å²) in [6, 6.07) is 7.23. The van der Waals surface area contributed by atoms with Crippen LogP contribution in [0.2, 0.25) is 0 Å². The van der Waals surface area contributed by atoms with Gasteiger partial charge < -0.3 is 5.32 Å². The third kappa shape index (κ3) is 3.72. The third-order valence-corrected chi connectivity index (χ3v) is 3.06.